The summed E-state index contributed by atoms with van der Waals surface area (Å²) in [4.78, 5) is 7.46. The van der Waals surface area contributed by atoms with Gasteiger partial charge < -0.3 is 14.6 Å². The summed E-state index contributed by atoms with van der Waals surface area (Å²) in [6, 6.07) is 6.27. The van der Waals surface area contributed by atoms with E-state index in [0.717, 1.165) is 30.6 Å². The number of imidazole rings is 1. The first-order valence-electron chi connectivity index (χ1n) is 8.28. The van der Waals surface area contributed by atoms with E-state index >= 15 is 0 Å². The maximum Gasteiger partial charge on any atom is 0.152 e. The van der Waals surface area contributed by atoms with Crippen molar-refractivity contribution in [2.24, 2.45) is 11.8 Å². The molecular formula is C17H24N4. The number of nitrogens with zero attached hydrogens (tertiary/aromatic N) is 3. The van der Waals surface area contributed by atoms with Gasteiger partial charge in [-0.1, -0.05) is 19.4 Å². The van der Waals surface area contributed by atoms with Crippen molar-refractivity contribution < 1.29 is 0 Å². The van der Waals surface area contributed by atoms with Crippen LogP contribution in [0.3, 0.4) is 0 Å². The van der Waals surface area contributed by atoms with Crippen molar-refractivity contribution in [3.05, 3.63) is 30.1 Å². The van der Waals surface area contributed by atoms with Gasteiger partial charge >= 0.3 is 0 Å². The highest BCUT2D eigenvalue weighted by Gasteiger charge is 2.37. The molecule has 4 heteroatoms. The Bertz CT molecular complexity index is 621. The second kappa shape index (κ2) is 5.34. The normalized spacial score (nSPS) is 24.9. The molecule has 0 amide bonds. The summed E-state index contributed by atoms with van der Waals surface area (Å²) < 4.78 is 2.24. The van der Waals surface area contributed by atoms with E-state index in [-0.39, 0.29) is 0 Å². The van der Waals surface area contributed by atoms with Crippen molar-refractivity contribution in [1.82, 2.24) is 14.7 Å². The highest BCUT2D eigenvalue weighted by molar-refractivity contribution is 5.56. The molecule has 21 heavy (non-hydrogen) atoms. The van der Waals surface area contributed by atoms with Gasteiger partial charge in [0.05, 0.1) is 5.69 Å². The highest BCUT2D eigenvalue weighted by atomic mass is 15.3. The standard InChI is InChI=1S/C17H24N4/c1-2-18-10-15-17(19-16-8-3-4-9-21(15)16)20-11-13-6-5-7-14(13)12-20/h3-4,8-9,13-14,18H,2,5-7,10-12H2,1H3. The quantitative estimate of drug-likeness (QED) is 0.937. The van der Waals surface area contributed by atoms with Gasteiger partial charge in [-0.3, -0.25) is 0 Å². The highest BCUT2D eigenvalue weighted by Crippen LogP contribution is 2.40. The summed E-state index contributed by atoms with van der Waals surface area (Å²) in [6.07, 6.45) is 6.39. The minimum atomic E-state index is 0.892. The monoisotopic (exact) mass is 284 g/mol. The number of hydrogen-bond acceptors (Lipinski definition) is 3. The zero-order valence-electron chi connectivity index (χ0n) is 12.8. The number of nitrogens with one attached hydrogen (secondary N) is 1. The molecule has 2 aromatic heterocycles. The van der Waals surface area contributed by atoms with Crippen LogP contribution in [0.4, 0.5) is 5.82 Å². The minimum Gasteiger partial charge on any atom is -0.354 e. The Hall–Kier alpha value is -1.55. The number of pyridine rings is 1. The SMILES string of the molecule is CCNCc1c(N2CC3CCCC3C2)nc2ccccn12. The van der Waals surface area contributed by atoms with Crippen LogP contribution in [0.1, 0.15) is 31.9 Å². The fourth-order valence-electron chi connectivity index (χ4n) is 4.10. The average molecular weight is 284 g/mol. The molecule has 2 aliphatic rings. The third-order valence-corrected chi connectivity index (χ3v) is 5.18. The molecule has 1 saturated carbocycles. The molecule has 1 N–H and O–H groups in total. The van der Waals surface area contributed by atoms with Gasteiger partial charge in [0.25, 0.3) is 0 Å². The maximum absolute atomic E-state index is 4.92. The molecule has 112 valence electrons. The van der Waals surface area contributed by atoms with Gasteiger partial charge in [-0.2, -0.15) is 0 Å². The molecule has 4 rings (SSSR count). The van der Waals surface area contributed by atoms with Crippen LogP contribution >= 0.6 is 0 Å². The lowest BCUT2D eigenvalue weighted by atomic mass is 10.0. The number of rotatable bonds is 4. The molecule has 0 spiro atoms. The third kappa shape index (κ3) is 2.22. The molecule has 2 aromatic rings. The number of aromatic nitrogens is 2. The van der Waals surface area contributed by atoms with Gasteiger partial charge in [0.1, 0.15) is 5.65 Å². The first-order valence-corrected chi connectivity index (χ1v) is 8.28. The Morgan fingerprint density at radius 1 is 1.24 bits per heavy atom. The average Bonchev–Trinajstić information content (AvgIpc) is 3.17. The van der Waals surface area contributed by atoms with Crippen molar-refractivity contribution in [3.8, 4) is 0 Å². The van der Waals surface area contributed by atoms with Crippen molar-refractivity contribution in [2.75, 3.05) is 24.5 Å². The van der Waals surface area contributed by atoms with Gasteiger partial charge in [-0.15, -0.1) is 0 Å². The van der Waals surface area contributed by atoms with Crippen LogP contribution in [-0.4, -0.2) is 29.0 Å². The van der Waals surface area contributed by atoms with Crippen LogP contribution in [0.5, 0.6) is 0 Å². The van der Waals surface area contributed by atoms with E-state index in [1.807, 2.05) is 0 Å². The smallest absolute Gasteiger partial charge is 0.152 e. The van der Waals surface area contributed by atoms with Crippen molar-refractivity contribution in [3.63, 3.8) is 0 Å². The zero-order valence-corrected chi connectivity index (χ0v) is 12.8. The fourth-order valence-corrected chi connectivity index (χ4v) is 4.10. The summed E-state index contributed by atoms with van der Waals surface area (Å²) in [7, 11) is 0. The molecule has 1 saturated heterocycles. The first kappa shape index (κ1) is 13.1. The van der Waals surface area contributed by atoms with Crippen molar-refractivity contribution >= 4 is 11.5 Å². The molecule has 0 bridgehead atoms. The van der Waals surface area contributed by atoms with Crippen LogP contribution in [0.25, 0.3) is 5.65 Å². The van der Waals surface area contributed by atoms with Gasteiger partial charge in [0.15, 0.2) is 5.82 Å². The summed E-state index contributed by atoms with van der Waals surface area (Å²) in [5.41, 5.74) is 2.38. The van der Waals surface area contributed by atoms with E-state index < -0.39 is 0 Å². The predicted molar refractivity (Wildman–Crippen MR) is 85.6 cm³/mol. The van der Waals surface area contributed by atoms with Crippen LogP contribution in [-0.2, 0) is 6.54 Å². The fraction of sp³-hybridized carbons (Fsp3) is 0.588. The molecule has 1 aliphatic carbocycles. The van der Waals surface area contributed by atoms with E-state index in [2.05, 4.69) is 45.9 Å². The number of hydrogen-bond donors (Lipinski definition) is 1. The Morgan fingerprint density at radius 2 is 2.05 bits per heavy atom. The van der Waals surface area contributed by atoms with Crippen molar-refractivity contribution in [2.45, 2.75) is 32.7 Å². The van der Waals surface area contributed by atoms with Crippen LogP contribution in [0, 0.1) is 11.8 Å². The van der Waals surface area contributed by atoms with Crippen LogP contribution in [0.2, 0.25) is 0 Å². The summed E-state index contributed by atoms with van der Waals surface area (Å²) in [6.45, 7) is 6.44. The Balaban J connectivity index is 1.70. The lowest BCUT2D eigenvalue weighted by molar-refractivity contribution is 0.494. The lowest BCUT2D eigenvalue weighted by Gasteiger charge is -2.18. The van der Waals surface area contributed by atoms with E-state index in [4.69, 9.17) is 4.98 Å². The molecule has 2 fully saturated rings. The lowest BCUT2D eigenvalue weighted by Crippen LogP contribution is -2.24. The zero-order chi connectivity index (χ0) is 14.2. The summed E-state index contributed by atoms with van der Waals surface area (Å²) in [5.74, 6) is 3.01. The largest absolute Gasteiger partial charge is 0.354 e. The van der Waals surface area contributed by atoms with Crippen LogP contribution < -0.4 is 10.2 Å². The van der Waals surface area contributed by atoms with E-state index in [0.29, 0.717) is 0 Å². The van der Waals surface area contributed by atoms with E-state index in [1.165, 1.54) is 43.9 Å². The molecule has 3 heterocycles. The Kier molecular flexibility index (Phi) is 3.34. The number of fused-ring (bicyclic) bond motifs is 2. The summed E-state index contributed by atoms with van der Waals surface area (Å²) >= 11 is 0. The second-order valence-corrected chi connectivity index (χ2v) is 6.45. The molecule has 2 unspecified atom stereocenters. The topological polar surface area (TPSA) is 32.6 Å². The molecule has 4 nitrogen and oxygen atoms in total. The van der Waals surface area contributed by atoms with Gasteiger partial charge in [-0.05, 0) is 43.4 Å². The predicted octanol–water partition coefficient (Wildman–Crippen LogP) is 2.68. The Morgan fingerprint density at radius 3 is 2.81 bits per heavy atom. The first-order chi connectivity index (χ1) is 10.4. The minimum absolute atomic E-state index is 0.892. The van der Waals surface area contributed by atoms with Gasteiger partial charge in [0, 0.05) is 25.8 Å². The van der Waals surface area contributed by atoms with E-state index in [9.17, 15) is 0 Å². The van der Waals surface area contributed by atoms with Crippen LogP contribution in [0.15, 0.2) is 24.4 Å². The second-order valence-electron chi connectivity index (χ2n) is 6.45. The van der Waals surface area contributed by atoms with Gasteiger partial charge in [-0.25, -0.2) is 4.98 Å². The molecule has 0 radical (unpaired) electrons. The van der Waals surface area contributed by atoms with Crippen molar-refractivity contribution in [1.29, 1.82) is 0 Å². The molecule has 2 atom stereocenters. The molecule has 0 aromatic carbocycles. The Labute approximate surface area is 126 Å². The third-order valence-electron chi connectivity index (χ3n) is 5.18. The molecular weight excluding hydrogens is 260 g/mol. The number of anilines is 1. The molecule has 1 aliphatic heterocycles. The van der Waals surface area contributed by atoms with E-state index in [1.54, 1.807) is 0 Å². The maximum atomic E-state index is 4.92. The summed E-state index contributed by atoms with van der Waals surface area (Å²) in [5, 5.41) is 3.47. The van der Waals surface area contributed by atoms with Gasteiger partial charge in [0.2, 0.25) is 0 Å².